The minimum atomic E-state index is -0.121. The number of likely N-dealkylation sites (tertiary alicyclic amines) is 2. The van der Waals surface area contributed by atoms with Gasteiger partial charge in [0.15, 0.2) is 0 Å². The highest BCUT2D eigenvalue weighted by atomic mass is 16.5. The Balaban J connectivity index is 1.27. The summed E-state index contributed by atoms with van der Waals surface area (Å²) in [4.78, 5) is 21.2. The van der Waals surface area contributed by atoms with Crippen molar-refractivity contribution < 1.29 is 14.6 Å². The second-order valence-electron chi connectivity index (χ2n) is 10.3. The van der Waals surface area contributed by atoms with Gasteiger partial charge >= 0.3 is 0 Å². The summed E-state index contributed by atoms with van der Waals surface area (Å²) in [5.41, 5.74) is 1.52. The van der Waals surface area contributed by atoms with E-state index in [9.17, 15) is 9.90 Å². The van der Waals surface area contributed by atoms with E-state index in [2.05, 4.69) is 40.9 Å². The quantitative estimate of drug-likeness (QED) is 0.568. The van der Waals surface area contributed by atoms with Crippen molar-refractivity contribution >= 4 is 16.8 Å². The van der Waals surface area contributed by atoms with Gasteiger partial charge in [0.1, 0.15) is 11.4 Å². The molecular weight excluding hydrogens is 416 g/mol. The highest BCUT2D eigenvalue weighted by molar-refractivity contribution is 5.99. The number of aromatic amines is 1. The van der Waals surface area contributed by atoms with E-state index < -0.39 is 0 Å². The van der Waals surface area contributed by atoms with E-state index in [1.807, 2.05) is 24.3 Å². The fraction of sp³-hybridized carbons (Fsp3) is 0.654. The fourth-order valence-electron chi connectivity index (χ4n) is 4.97. The fourth-order valence-corrected chi connectivity index (χ4v) is 4.97. The van der Waals surface area contributed by atoms with Crippen LogP contribution in [0.2, 0.25) is 0 Å². The molecule has 3 N–H and O–H groups in total. The van der Waals surface area contributed by atoms with Gasteiger partial charge in [0.2, 0.25) is 0 Å². The number of rotatable bonds is 8. The molecule has 0 unspecified atom stereocenters. The van der Waals surface area contributed by atoms with Crippen LogP contribution in [0.5, 0.6) is 5.75 Å². The third kappa shape index (κ3) is 6.28. The summed E-state index contributed by atoms with van der Waals surface area (Å²) in [6, 6.07) is 8.52. The van der Waals surface area contributed by atoms with Crippen molar-refractivity contribution in [3.8, 4) is 5.75 Å². The Kier molecular flexibility index (Phi) is 7.94. The lowest BCUT2D eigenvalue weighted by molar-refractivity contribution is 0.0497. The molecule has 0 saturated carbocycles. The average Bonchev–Trinajstić information content (AvgIpc) is 3.24. The van der Waals surface area contributed by atoms with E-state index in [4.69, 9.17) is 4.74 Å². The molecule has 0 radical (unpaired) electrons. The molecule has 182 valence electrons. The Morgan fingerprint density at radius 2 is 1.88 bits per heavy atom. The molecule has 1 aromatic heterocycles. The van der Waals surface area contributed by atoms with Gasteiger partial charge in [-0.2, -0.15) is 0 Å². The molecule has 2 aliphatic heterocycles. The molecule has 7 nitrogen and oxygen atoms in total. The van der Waals surface area contributed by atoms with Gasteiger partial charge in [-0.25, -0.2) is 0 Å². The summed E-state index contributed by atoms with van der Waals surface area (Å²) in [5, 5.41) is 13.9. The van der Waals surface area contributed by atoms with Gasteiger partial charge in [0, 0.05) is 55.7 Å². The van der Waals surface area contributed by atoms with Crippen molar-refractivity contribution in [3.05, 3.63) is 30.0 Å². The first kappa shape index (κ1) is 24.0. The van der Waals surface area contributed by atoms with Crippen molar-refractivity contribution in [1.82, 2.24) is 20.1 Å². The van der Waals surface area contributed by atoms with Crippen molar-refractivity contribution in [2.45, 2.75) is 64.6 Å². The summed E-state index contributed by atoms with van der Waals surface area (Å²) < 4.78 is 5.94. The molecule has 2 aromatic rings. The van der Waals surface area contributed by atoms with Crippen molar-refractivity contribution in [1.29, 1.82) is 0 Å². The zero-order valence-electron chi connectivity index (χ0n) is 20.3. The Morgan fingerprint density at radius 3 is 2.58 bits per heavy atom. The van der Waals surface area contributed by atoms with Gasteiger partial charge < -0.3 is 25.0 Å². The van der Waals surface area contributed by atoms with Crippen LogP contribution in [0.25, 0.3) is 10.9 Å². The normalized spacial score (nSPS) is 20.4. The third-order valence-electron chi connectivity index (χ3n) is 7.01. The number of aliphatic hydroxyl groups is 1. The molecule has 2 saturated heterocycles. The Labute approximate surface area is 197 Å². The molecule has 7 heteroatoms. The minimum Gasteiger partial charge on any atom is -0.493 e. The number of aromatic nitrogens is 1. The van der Waals surface area contributed by atoms with Gasteiger partial charge in [-0.05, 0) is 56.7 Å². The highest BCUT2D eigenvalue weighted by Crippen LogP contribution is 2.27. The summed E-state index contributed by atoms with van der Waals surface area (Å²) in [5.74, 6) is 1.23. The van der Waals surface area contributed by atoms with Crippen LogP contribution in [0.4, 0.5) is 0 Å². The van der Waals surface area contributed by atoms with Crippen LogP contribution in [-0.2, 0) is 0 Å². The lowest BCUT2D eigenvalue weighted by Gasteiger charge is -2.39. The molecule has 0 bridgehead atoms. The molecular formula is C26H40N4O3. The molecule has 1 amide bonds. The number of H-pyrrole nitrogens is 1. The molecule has 4 rings (SSSR count). The Morgan fingerprint density at radius 1 is 1.15 bits per heavy atom. The number of carbonyl (C=O) groups excluding carboxylic acids is 1. The molecule has 3 heterocycles. The van der Waals surface area contributed by atoms with E-state index in [1.54, 1.807) is 0 Å². The Bertz CT molecular complexity index is 911. The van der Waals surface area contributed by atoms with Gasteiger partial charge in [-0.3, -0.25) is 9.69 Å². The number of nitrogens with one attached hydrogen (secondary N) is 2. The van der Waals surface area contributed by atoms with Gasteiger partial charge in [-0.15, -0.1) is 0 Å². The lowest BCUT2D eigenvalue weighted by Crippen LogP contribution is -2.50. The summed E-state index contributed by atoms with van der Waals surface area (Å²) >= 11 is 0. The number of hydrogen-bond acceptors (Lipinski definition) is 5. The number of aliphatic hydroxyl groups excluding tert-OH is 1. The zero-order valence-corrected chi connectivity index (χ0v) is 20.3. The largest absolute Gasteiger partial charge is 0.493 e. The van der Waals surface area contributed by atoms with Crippen LogP contribution in [0.15, 0.2) is 24.3 Å². The minimum absolute atomic E-state index is 0.0419. The second-order valence-corrected chi connectivity index (χ2v) is 10.3. The molecule has 2 fully saturated rings. The number of carbonyl (C=O) groups is 1. The zero-order chi connectivity index (χ0) is 23.4. The summed E-state index contributed by atoms with van der Waals surface area (Å²) in [6.07, 6.45) is 3.60. The molecule has 1 atom stereocenters. The van der Waals surface area contributed by atoms with Crippen LogP contribution in [0.3, 0.4) is 0 Å². The van der Waals surface area contributed by atoms with E-state index in [-0.39, 0.29) is 18.1 Å². The topological polar surface area (TPSA) is 80.8 Å². The van der Waals surface area contributed by atoms with Crippen LogP contribution in [0, 0.1) is 5.92 Å². The monoisotopic (exact) mass is 456 g/mol. The predicted octanol–water partition coefficient (Wildman–Crippen LogP) is 3.24. The first-order chi connectivity index (χ1) is 15.9. The van der Waals surface area contributed by atoms with Crippen LogP contribution in [0.1, 0.15) is 56.9 Å². The van der Waals surface area contributed by atoms with Crippen LogP contribution >= 0.6 is 0 Å². The van der Waals surface area contributed by atoms with Crippen molar-refractivity contribution in [2.75, 3.05) is 39.3 Å². The van der Waals surface area contributed by atoms with E-state index in [0.29, 0.717) is 24.3 Å². The van der Waals surface area contributed by atoms with Crippen molar-refractivity contribution in [2.24, 2.45) is 5.92 Å². The smallest absolute Gasteiger partial charge is 0.267 e. The van der Waals surface area contributed by atoms with Crippen LogP contribution in [-0.4, -0.2) is 83.3 Å². The van der Waals surface area contributed by atoms with E-state index >= 15 is 0 Å². The van der Waals surface area contributed by atoms with Gasteiger partial charge in [0.25, 0.3) is 5.91 Å². The van der Waals surface area contributed by atoms with Crippen LogP contribution < -0.4 is 10.1 Å². The number of amides is 1. The summed E-state index contributed by atoms with van der Waals surface area (Å²) in [7, 11) is 0. The van der Waals surface area contributed by atoms with Gasteiger partial charge in [0.05, 0.1) is 12.7 Å². The molecule has 33 heavy (non-hydrogen) atoms. The molecule has 0 aliphatic carbocycles. The SMILES string of the molecule is CC(C)COc1cccc2[nH]c(C(=O)NC3CCN(C[C@H](C)N4CCC(O)CC4)CC3)cc12. The maximum Gasteiger partial charge on any atom is 0.267 e. The van der Waals surface area contributed by atoms with E-state index in [0.717, 1.165) is 75.1 Å². The lowest BCUT2D eigenvalue weighted by atomic mass is 10.0. The van der Waals surface area contributed by atoms with Crippen molar-refractivity contribution in [3.63, 3.8) is 0 Å². The predicted molar refractivity (Wildman–Crippen MR) is 132 cm³/mol. The maximum atomic E-state index is 12.9. The number of piperidine rings is 2. The highest BCUT2D eigenvalue weighted by Gasteiger charge is 2.26. The second kappa shape index (κ2) is 10.9. The standard InChI is InChI=1S/C26H40N4O3/c1-18(2)17-33-25-6-4-5-23-22(25)15-24(28-23)26(32)27-20-7-11-29(12-8-20)16-19(3)30-13-9-21(31)10-14-30/h4-6,15,18-21,28,31H,7-14,16-17H2,1-3H3,(H,27,32)/t19-/m0/s1. The number of nitrogens with zero attached hydrogens (tertiary/aromatic N) is 2. The van der Waals surface area contributed by atoms with Gasteiger partial charge in [-0.1, -0.05) is 19.9 Å². The number of benzene rings is 1. The Hall–Kier alpha value is -2.09. The average molecular weight is 457 g/mol. The first-order valence-electron chi connectivity index (χ1n) is 12.6. The molecule has 0 spiro atoms. The summed E-state index contributed by atoms with van der Waals surface area (Å²) in [6.45, 7) is 12.2. The first-order valence-corrected chi connectivity index (χ1v) is 12.6. The molecule has 1 aromatic carbocycles. The maximum absolute atomic E-state index is 12.9. The number of ether oxygens (including phenoxy) is 1. The molecule has 2 aliphatic rings. The third-order valence-corrected chi connectivity index (χ3v) is 7.01. The number of hydrogen-bond donors (Lipinski definition) is 3. The van der Waals surface area contributed by atoms with E-state index in [1.165, 1.54) is 0 Å². The number of fused-ring (bicyclic) bond motifs is 1.